The Morgan fingerprint density at radius 3 is 3.00 bits per heavy atom. The van der Waals surface area contributed by atoms with Gasteiger partial charge in [0.1, 0.15) is 0 Å². The van der Waals surface area contributed by atoms with Crippen molar-refractivity contribution in [1.82, 2.24) is 10.3 Å². The second-order valence-electron chi connectivity index (χ2n) is 5.75. The molecule has 0 radical (unpaired) electrons. The Bertz CT molecular complexity index is 374. The molecule has 1 N–H and O–H groups in total. The van der Waals surface area contributed by atoms with Crippen LogP contribution in [-0.4, -0.2) is 18.1 Å². The molecule has 2 bridgehead atoms. The zero-order valence-electron chi connectivity index (χ0n) is 10.6. The van der Waals surface area contributed by atoms with E-state index in [1.54, 1.807) is 11.3 Å². The van der Waals surface area contributed by atoms with E-state index in [0.29, 0.717) is 0 Å². The maximum atomic E-state index is 4.50. The Labute approximate surface area is 108 Å². The fraction of sp³-hybridized carbons (Fsp3) is 0.786. The molecule has 3 heteroatoms. The Morgan fingerprint density at radius 1 is 1.41 bits per heavy atom. The van der Waals surface area contributed by atoms with Crippen LogP contribution in [0.2, 0.25) is 0 Å². The van der Waals surface area contributed by atoms with Crippen LogP contribution < -0.4 is 5.32 Å². The number of aromatic nitrogens is 1. The lowest BCUT2D eigenvalue weighted by molar-refractivity contribution is 0.320. The van der Waals surface area contributed by atoms with Crippen LogP contribution in [0.4, 0.5) is 0 Å². The Morgan fingerprint density at radius 2 is 2.35 bits per heavy atom. The van der Waals surface area contributed by atoms with Gasteiger partial charge in [0.05, 0.1) is 10.7 Å². The summed E-state index contributed by atoms with van der Waals surface area (Å²) < 4.78 is 0. The second-order valence-corrected chi connectivity index (χ2v) is 6.81. The first-order valence-electron chi connectivity index (χ1n) is 6.93. The SMILES string of the molecule is Cc1nc(CCNCC2CC3CCC2C3)cs1. The third-order valence-electron chi connectivity index (χ3n) is 4.52. The molecule has 3 atom stereocenters. The molecule has 3 unspecified atom stereocenters. The first-order valence-corrected chi connectivity index (χ1v) is 7.81. The highest BCUT2D eigenvalue weighted by atomic mass is 32.1. The Balaban J connectivity index is 1.36. The van der Waals surface area contributed by atoms with Crippen LogP contribution in [-0.2, 0) is 6.42 Å². The van der Waals surface area contributed by atoms with E-state index >= 15 is 0 Å². The number of thiazole rings is 1. The van der Waals surface area contributed by atoms with Gasteiger partial charge in [-0.3, -0.25) is 0 Å². The van der Waals surface area contributed by atoms with Gasteiger partial charge < -0.3 is 5.32 Å². The summed E-state index contributed by atoms with van der Waals surface area (Å²) in [5, 5.41) is 7.01. The number of aryl methyl sites for hydroxylation is 1. The molecule has 3 rings (SSSR count). The van der Waals surface area contributed by atoms with Gasteiger partial charge >= 0.3 is 0 Å². The molecule has 94 valence electrons. The van der Waals surface area contributed by atoms with Crippen LogP contribution in [0.3, 0.4) is 0 Å². The normalized spacial score (nSPS) is 31.2. The zero-order valence-corrected chi connectivity index (χ0v) is 11.4. The molecule has 2 aliphatic rings. The van der Waals surface area contributed by atoms with Crippen LogP contribution in [0.1, 0.15) is 36.4 Å². The molecule has 2 fully saturated rings. The lowest BCUT2D eigenvalue weighted by Gasteiger charge is -2.21. The Hall–Kier alpha value is -0.410. The van der Waals surface area contributed by atoms with Crippen LogP contribution in [0.15, 0.2) is 5.38 Å². The molecule has 2 saturated carbocycles. The topological polar surface area (TPSA) is 24.9 Å². The third kappa shape index (κ3) is 2.71. The summed E-state index contributed by atoms with van der Waals surface area (Å²) in [6.07, 6.45) is 7.12. The molecule has 0 spiro atoms. The van der Waals surface area contributed by atoms with Crippen molar-refractivity contribution < 1.29 is 0 Å². The predicted molar refractivity (Wildman–Crippen MR) is 72.4 cm³/mol. The largest absolute Gasteiger partial charge is 0.316 e. The number of fused-ring (bicyclic) bond motifs is 2. The number of nitrogens with one attached hydrogen (secondary N) is 1. The molecule has 0 amide bonds. The molecule has 0 aliphatic heterocycles. The highest BCUT2D eigenvalue weighted by Crippen LogP contribution is 2.47. The van der Waals surface area contributed by atoms with Gasteiger partial charge in [-0.1, -0.05) is 6.42 Å². The van der Waals surface area contributed by atoms with Gasteiger partial charge in [0, 0.05) is 18.3 Å². The van der Waals surface area contributed by atoms with Gasteiger partial charge in [-0.15, -0.1) is 11.3 Å². The number of hydrogen-bond donors (Lipinski definition) is 1. The van der Waals surface area contributed by atoms with E-state index in [0.717, 1.165) is 30.7 Å². The van der Waals surface area contributed by atoms with E-state index < -0.39 is 0 Å². The summed E-state index contributed by atoms with van der Waals surface area (Å²) in [6.45, 7) is 4.41. The molecule has 2 aliphatic carbocycles. The van der Waals surface area contributed by atoms with E-state index in [-0.39, 0.29) is 0 Å². The molecule has 17 heavy (non-hydrogen) atoms. The minimum atomic E-state index is 0.978. The van der Waals surface area contributed by atoms with Crippen molar-refractivity contribution >= 4 is 11.3 Å². The van der Waals surface area contributed by atoms with Gasteiger partial charge in [0.2, 0.25) is 0 Å². The fourth-order valence-electron chi connectivity index (χ4n) is 3.65. The van der Waals surface area contributed by atoms with Crippen LogP contribution in [0.5, 0.6) is 0 Å². The molecule has 1 heterocycles. The van der Waals surface area contributed by atoms with Crippen molar-refractivity contribution in [1.29, 1.82) is 0 Å². The van der Waals surface area contributed by atoms with Gasteiger partial charge in [0.25, 0.3) is 0 Å². The van der Waals surface area contributed by atoms with E-state index in [9.17, 15) is 0 Å². The molecule has 1 aromatic rings. The second kappa shape index (κ2) is 5.07. The summed E-state index contributed by atoms with van der Waals surface area (Å²) in [6, 6.07) is 0. The van der Waals surface area contributed by atoms with E-state index in [4.69, 9.17) is 0 Å². The predicted octanol–water partition coefficient (Wildman–Crippen LogP) is 3.02. The maximum absolute atomic E-state index is 4.50. The Kier molecular flexibility index (Phi) is 3.48. The molecule has 0 aromatic carbocycles. The lowest BCUT2D eigenvalue weighted by atomic mass is 9.89. The average Bonchev–Trinajstić information content (AvgIpc) is 3.00. The van der Waals surface area contributed by atoms with Crippen molar-refractivity contribution in [2.45, 2.75) is 39.0 Å². The fourth-order valence-corrected chi connectivity index (χ4v) is 4.30. The standard InChI is InChI=1S/C14H22N2S/c1-10-16-14(9-17-10)4-5-15-8-13-7-11-2-3-12(13)6-11/h9,11-13,15H,2-8H2,1H3. The van der Waals surface area contributed by atoms with Crippen LogP contribution in [0, 0.1) is 24.7 Å². The number of hydrogen-bond acceptors (Lipinski definition) is 3. The number of rotatable bonds is 5. The van der Waals surface area contributed by atoms with Crippen LogP contribution >= 0.6 is 11.3 Å². The summed E-state index contributed by atoms with van der Waals surface area (Å²) in [5.74, 6) is 3.10. The smallest absolute Gasteiger partial charge is 0.0897 e. The van der Waals surface area contributed by atoms with Crippen molar-refractivity contribution in [2.75, 3.05) is 13.1 Å². The van der Waals surface area contributed by atoms with E-state index in [1.165, 1.54) is 42.9 Å². The van der Waals surface area contributed by atoms with Crippen molar-refractivity contribution in [3.05, 3.63) is 16.1 Å². The highest BCUT2D eigenvalue weighted by molar-refractivity contribution is 7.09. The molecular formula is C14H22N2S. The third-order valence-corrected chi connectivity index (χ3v) is 5.34. The molecule has 2 nitrogen and oxygen atoms in total. The minimum absolute atomic E-state index is 0.978. The molecular weight excluding hydrogens is 228 g/mol. The maximum Gasteiger partial charge on any atom is 0.0897 e. The lowest BCUT2D eigenvalue weighted by Crippen LogP contribution is -2.28. The molecule has 1 aromatic heterocycles. The first-order chi connectivity index (χ1) is 8.31. The van der Waals surface area contributed by atoms with Gasteiger partial charge in [-0.2, -0.15) is 0 Å². The first kappa shape index (κ1) is 11.7. The number of nitrogens with zero attached hydrogens (tertiary/aromatic N) is 1. The summed E-state index contributed by atoms with van der Waals surface area (Å²) in [7, 11) is 0. The van der Waals surface area contributed by atoms with Crippen molar-refractivity contribution in [3.63, 3.8) is 0 Å². The monoisotopic (exact) mass is 250 g/mol. The van der Waals surface area contributed by atoms with Crippen molar-refractivity contribution in [3.8, 4) is 0 Å². The zero-order chi connectivity index (χ0) is 11.7. The average molecular weight is 250 g/mol. The molecule has 0 saturated heterocycles. The van der Waals surface area contributed by atoms with Crippen molar-refractivity contribution in [2.24, 2.45) is 17.8 Å². The van der Waals surface area contributed by atoms with Gasteiger partial charge in [0.15, 0.2) is 0 Å². The quantitative estimate of drug-likeness (QED) is 0.813. The minimum Gasteiger partial charge on any atom is -0.316 e. The van der Waals surface area contributed by atoms with Gasteiger partial charge in [-0.05, 0) is 50.5 Å². The van der Waals surface area contributed by atoms with Gasteiger partial charge in [-0.25, -0.2) is 4.98 Å². The summed E-state index contributed by atoms with van der Waals surface area (Å²) >= 11 is 1.76. The van der Waals surface area contributed by atoms with Crippen LogP contribution in [0.25, 0.3) is 0 Å². The summed E-state index contributed by atoms with van der Waals surface area (Å²) in [5.41, 5.74) is 1.26. The summed E-state index contributed by atoms with van der Waals surface area (Å²) in [4.78, 5) is 4.50. The van der Waals surface area contributed by atoms with E-state index in [1.807, 2.05) is 0 Å². The van der Waals surface area contributed by atoms with E-state index in [2.05, 4.69) is 22.6 Å². The highest BCUT2D eigenvalue weighted by Gasteiger charge is 2.38.